The highest BCUT2D eigenvalue weighted by Gasteiger charge is 2.25. The first-order chi connectivity index (χ1) is 21.1. The zero-order chi connectivity index (χ0) is 32.3. The zero-order valence-electron chi connectivity index (χ0n) is 25.3. The number of alkyl halides is 1. The van der Waals surface area contributed by atoms with Gasteiger partial charge in [0.2, 0.25) is 5.91 Å². The summed E-state index contributed by atoms with van der Waals surface area (Å²) >= 11 is 5.68. The lowest BCUT2D eigenvalue weighted by Crippen LogP contribution is -2.35. The number of rotatable bonds is 12. The first-order valence-electron chi connectivity index (χ1n) is 14.2. The quantitative estimate of drug-likeness (QED) is 0.214. The lowest BCUT2D eigenvalue weighted by molar-refractivity contribution is -0.117. The van der Waals surface area contributed by atoms with E-state index in [-0.39, 0.29) is 46.7 Å². The molecule has 0 bridgehead atoms. The maximum atomic E-state index is 12.4. The van der Waals surface area contributed by atoms with Gasteiger partial charge in [-0.05, 0) is 80.6 Å². The lowest BCUT2D eigenvalue weighted by Gasteiger charge is -2.25. The number of para-hydroxylation sites is 2. The van der Waals surface area contributed by atoms with Crippen LogP contribution in [0.2, 0.25) is 0 Å². The van der Waals surface area contributed by atoms with E-state index in [1.54, 1.807) is 23.1 Å². The van der Waals surface area contributed by atoms with Crippen LogP contribution in [0.3, 0.4) is 0 Å². The molecule has 2 N–H and O–H groups in total. The van der Waals surface area contributed by atoms with Crippen molar-refractivity contribution < 1.29 is 32.3 Å². The van der Waals surface area contributed by atoms with Crippen LogP contribution in [-0.4, -0.2) is 58.5 Å². The maximum absolute atomic E-state index is 12.4. The van der Waals surface area contributed by atoms with Crippen molar-refractivity contribution in [2.75, 3.05) is 31.2 Å². The second-order valence-corrected chi connectivity index (χ2v) is 11.9. The summed E-state index contributed by atoms with van der Waals surface area (Å²) in [4.78, 5) is 37.7. The molecule has 3 aromatic rings. The van der Waals surface area contributed by atoms with Crippen molar-refractivity contribution in [3.05, 3.63) is 89.0 Å². The molecule has 3 aromatic carbocycles. The summed E-state index contributed by atoms with van der Waals surface area (Å²) in [5, 5.41) is 2.82. The molecule has 10 nitrogen and oxygen atoms in total. The van der Waals surface area contributed by atoms with Gasteiger partial charge in [-0.1, -0.05) is 37.3 Å². The molecule has 0 aromatic heterocycles. The number of methoxy groups -OCH3 is 1. The lowest BCUT2D eigenvalue weighted by atomic mass is 10.0. The van der Waals surface area contributed by atoms with Crippen LogP contribution in [0.25, 0.3) is 0 Å². The van der Waals surface area contributed by atoms with Crippen LogP contribution in [0.5, 0.6) is 5.75 Å². The molecule has 0 atom stereocenters. The predicted molar refractivity (Wildman–Crippen MR) is 170 cm³/mol. The molecular formula is C32H38ClN3O7S. The highest BCUT2D eigenvalue weighted by atomic mass is 35.5. The van der Waals surface area contributed by atoms with Gasteiger partial charge in [0.25, 0.3) is 21.8 Å². The van der Waals surface area contributed by atoms with Crippen LogP contribution in [0, 0.1) is 6.92 Å². The maximum Gasteiger partial charge on any atom is 0.268 e. The molecule has 236 valence electrons. The van der Waals surface area contributed by atoms with Crippen molar-refractivity contribution in [2.24, 2.45) is 0 Å². The van der Waals surface area contributed by atoms with Gasteiger partial charge in [0.05, 0.1) is 23.3 Å². The molecule has 0 heterocycles. The summed E-state index contributed by atoms with van der Waals surface area (Å²) in [6.07, 6.45) is 2.80. The first kappa shape index (κ1) is 34.6. The summed E-state index contributed by atoms with van der Waals surface area (Å²) in [6.45, 7) is 6.79. The Morgan fingerprint density at radius 3 is 2.23 bits per heavy atom. The van der Waals surface area contributed by atoms with Gasteiger partial charge in [-0.15, -0.1) is 11.6 Å². The number of nitrogens with zero attached hydrogens (tertiary/aromatic N) is 1. The molecule has 0 radical (unpaired) electrons. The van der Waals surface area contributed by atoms with E-state index in [9.17, 15) is 22.8 Å². The van der Waals surface area contributed by atoms with E-state index < -0.39 is 15.9 Å². The number of hydrogen-bond donors (Lipinski definition) is 2. The first-order valence-corrected chi connectivity index (χ1v) is 16.2. The Kier molecular flexibility index (Phi) is 12.7. The number of ether oxygens (including phenoxy) is 2. The van der Waals surface area contributed by atoms with Gasteiger partial charge in [-0.25, -0.2) is 13.1 Å². The number of sulfonamides is 1. The summed E-state index contributed by atoms with van der Waals surface area (Å²) < 4.78 is 37.3. The fraction of sp³-hybridized carbons (Fsp3) is 0.344. The standard InChI is InChI=1S/C18H18N2O5S.C14H20ClNO2/c1-25-16-5-3-2-4-15(16)18(22)20-26(23,24)14-10-6-12(7-11-14)17(21)19-13-8-9-13;1-4-12-8-6-7-11(3)14(12)16(10-18-5-2)13(17)9-15/h2-7,10-11,13H,8-9H2,1H3,(H,19,21)(H,20,22);6-8H,4-5,9-10H2,1-3H3. The van der Waals surface area contributed by atoms with Gasteiger partial charge < -0.3 is 14.8 Å². The van der Waals surface area contributed by atoms with E-state index in [4.69, 9.17) is 21.1 Å². The second-order valence-electron chi connectivity index (χ2n) is 9.92. The molecule has 0 aliphatic heterocycles. The van der Waals surface area contributed by atoms with E-state index in [0.29, 0.717) is 12.2 Å². The van der Waals surface area contributed by atoms with Gasteiger partial charge in [-0.2, -0.15) is 0 Å². The number of benzene rings is 3. The van der Waals surface area contributed by atoms with E-state index >= 15 is 0 Å². The average molecular weight is 644 g/mol. The van der Waals surface area contributed by atoms with E-state index in [2.05, 4.69) is 12.2 Å². The average Bonchev–Trinajstić information content (AvgIpc) is 3.85. The number of halogens is 1. The molecule has 1 saturated carbocycles. The number of anilines is 1. The van der Waals surface area contributed by atoms with Crippen molar-refractivity contribution in [1.29, 1.82) is 0 Å². The monoisotopic (exact) mass is 643 g/mol. The molecule has 0 spiro atoms. The van der Waals surface area contributed by atoms with Crippen LogP contribution in [-0.2, 0) is 26.0 Å². The molecule has 4 rings (SSSR count). The number of carbonyl (C=O) groups is 3. The molecule has 1 aliphatic rings. The number of amides is 3. The Hall–Kier alpha value is -3.93. The van der Waals surface area contributed by atoms with E-state index in [0.717, 1.165) is 36.1 Å². The van der Waals surface area contributed by atoms with Crippen LogP contribution < -0.4 is 19.7 Å². The predicted octanol–water partition coefficient (Wildman–Crippen LogP) is 4.83. The van der Waals surface area contributed by atoms with E-state index in [1.807, 2.05) is 36.8 Å². The smallest absolute Gasteiger partial charge is 0.268 e. The largest absolute Gasteiger partial charge is 0.496 e. The summed E-state index contributed by atoms with van der Waals surface area (Å²) in [6, 6.07) is 18.0. The minimum absolute atomic E-state index is 0.0371. The third-order valence-electron chi connectivity index (χ3n) is 6.73. The van der Waals surface area contributed by atoms with Gasteiger partial charge >= 0.3 is 0 Å². The Labute approximate surface area is 263 Å². The van der Waals surface area contributed by atoms with Crippen LogP contribution in [0.1, 0.15) is 58.5 Å². The minimum atomic E-state index is -4.07. The fourth-order valence-electron chi connectivity index (χ4n) is 4.26. The molecular weight excluding hydrogens is 606 g/mol. The molecule has 0 unspecified atom stereocenters. The third-order valence-corrected chi connectivity index (χ3v) is 8.31. The van der Waals surface area contributed by atoms with Crippen molar-refractivity contribution in [2.45, 2.75) is 51.0 Å². The van der Waals surface area contributed by atoms with Crippen molar-refractivity contribution in [3.8, 4) is 5.75 Å². The summed E-state index contributed by atoms with van der Waals surface area (Å²) in [7, 11) is -2.68. The second kappa shape index (κ2) is 16.2. The molecule has 1 fully saturated rings. The van der Waals surface area contributed by atoms with Crippen molar-refractivity contribution in [1.82, 2.24) is 10.0 Å². The molecule has 12 heteroatoms. The van der Waals surface area contributed by atoms with Crippen LogP contribution >= 0.6 is 11.6 Å². The Morgan fingerprint density at radius 1 is 0.955 bits per heavy atom. The van der Waals surface area contributed by atoms with Crippen LogP contribution in [0.15, 0.2) is 71.6 Å². The SMILES string of the molecule is CCOCN(C(=O)CCl)c1c(C)cccc1CC.COc1ccccc1C(=O)NS(=O)(=O)c1ccc(C(=O)NC2CC2)cc1. The zero-order valence-corrected chi connectivity index (χ0v) is 26.8. The number of nitrogens with one attached hydrogen (secondary N) is 2. The topological polar surface area (TPSA) is 131 Å². The Morgan fingerprint density at radius 2 is 1.64 bits per heavy atom. The van der Waals surface area contributed by atoms with Gasteiger partial charge in [-0.3, -0.25) is 19.3 Å². The van der Waals surface area contributed by atoms with E-state index in [1.165, 1.54) is 37.4 Å². The van der Waals surface area contributed by atoms with Crippen molar-refractivity contribution >= 4 is 45.0 Å². The number of aryl methyl sites for hydroxylation is 2. The highest BCUT2D eigenvalue weighted by molar-refractivity contribution is 7.90. The fourth-order valence-corrected chi connectivity index (χ4v) is 5.37. The van der Waals surface area contributed by atoms with Crippen LogP contribution in [0.4, 0.5) is 5.69 Å². The molecule has 0 saturated heterocycles. The number of hydrogen-bond acceptors (Lipinski definition) is 7. The summed E-state index contributed by atoms with van der Waals surface area (Å²) in [5.74, 6) is -0.932. The Bertz CT molecular complexity index is 1560. The Balaban J connectivity index is 0.000000259. The van der Waals surface area contributed by atoms with Gasteiger partial charge in [0, 0.05) is 18.2 Å². The molecule has 1 aliphatic carbocycles. The normalized spacial score (nSPS) is 12.4. The van der Waals surface area contributed by atoms with Gasteiger partial charge in [0.15, 0.2) is 0 Å². The summed E-state index contributed by atoms with van der Waals surface area (Å²) in [5.41, 5.74) is 3.60. The van der Waals surface area contributed by atoms with Gasteiger partial charge in [0.1, 0.15) is 18.4 Å². The highest BCUT2D eigenvalue weighted by Crippen LogP contribution is 2.26. The number of carbonyl (C=O) groups excluding carboxylic acids is 3. The minimum Gasteiger partial charge on any atom is -0.496 e. The third kappa shape index (κ3) is 9.28. The molecule has 3 amide bonds. The van der Waals surface area contributed by atoms with Crippen molar-refractivity contribution in [3.63, 3.8) is 0 Å². The molecule has 44 heavy (non-hydrogen) atoms.